The van der Waals surface area contributed by atoms with Crippen LogP contribution in [0.3, 0.4) is 0 Å². The van der Waals surface area contributed by atoms with Crippen molar-refractivity contribution in [2.75, 3.05) is 7.11 Å². The van der Waals surface area contributed by atoms with Gasteiger partial charge in [-0.2, -0.15) is 10.2 Å². The first-order valence-electron chi connectivity index (χ1n) is 5.72. The van der Waals surface area contributed by atoms with E-state index in [1.165, 1.54) is 6.33 Å². The molecule has 1 atom stereocenters. The van der Waals surface area contributed by atoms with E-state index in [1.807, 2.05) is 4.68 Å². The molecule has 2 heterocycles. The summed E-state index contributed by atoms with van der Waals surface area (Å²) in [5.41, 5.74) is 3.54. The van der Waals surface area contributed by atoms with Gasteiger partial charge in [-0.25, -0.2) is 10.4 Å². The second-order valence-electron chi connectivity index (χ2n) is 3.79. The summed E-state index contributed by atoms with van der Waals surface area (Å²) in [6, 6.07) is -0.337. The lowest BCUT2D eigenvalue weighted by atomic mass is 10.2. The van der Waals surface area contributed by atoms with Gasteiger partial charge in [-0.05, 0) is 6.42 Å². The quantitative estimate of drug-likeness (QED) is 0.492. The van der Waals surface area contributed by atoms with Crippen LogP contribution in [0.2, 0.25) is 0 Å². The number of nitrogens with two attached hydrogens (primary N) is 1. The Kier molecular flexibility index (Phi) is 3.90. The van der Waals surface area contributed by atoms with Gasteiger partial charge >= 0.3 is 0 Å². The SMILES string of the molecule is CCCn1ncc(OC)c1C(NN)c1ncn[nH]1. The summed E-state index contributed by atoms with van der Waals surface area (Å²) >= 11 is 0. The van der Waals surface area contributed by atoms with Crippen molar-refractivity contribution in [3.05, 3.63) is 24.0 Å². The third-order valence-electron chi connectivity index (χ3n) is 2.65. The van der Waals surface area contributed by atoms with Crippen LogP contribution < -0.4 is 16.0 Å². The molecule has 0 aromatic carbocycles. The van der Waals surface area contributed by atoms with Crippen LogP contribution in [0.4, 0.5) is 0 Å². The number of hydrogen-bond donors (Lipinski definition) is 3. The van der Waals surface area contributed by atoms with E-state index in [-0.39, 0.29) is 6.04 Å². The number of hydrogen-bond acceptors (Lipinski definition) is 6. The zero-order valence-electron chi connectivity index (χ0n) is 10.4. The smallest absolute Gasteiger partial charge is 0.162 e. The van der Waals surface area contributed by atoms with Crippen molar-refractivity contribution in [3.8, 4) is 5.75 Å². The number of nitrogens with zero attached hydrogens (tertiary/aromatic N) is 4. The zero-order valence-corrected chi connectivity index (χ0v) is 10.4. The highest BCUT2D eigenvalue weighted by molar-refractivity contribution is 5.31. The summed E-state index contributed by atoms with van der Waals surface area (Å²) in [7, 11) is 1.60. The van der Waals surface area contributed by atoms with Crippen LogP contribution in [0.25, 0.3) is 0 Å². The third kappa shape index (κ3) is 2.20. The first-order valence-corrected chi connectivity index (χ1v) is 5.72. The number of aromatic amines is 1. The lowest BCUT2D eigenvalue weighted by molar-refractivity contribution is 0.396. The molecule has 2 aromatic heterocycles. The zero-order chi connectivity index (χ0) is 13.0. The van der Waals surface area contributed by atoms with Crippen molar-refractivity contribution in [1.29, 1.82) is 0 Å². The number of H-pyrrole nitrogens is 1. The molecule has 8 nitrogen and oxygen atoms in total. The van der Waals surface area contributed by atoms with Gasteiger partial charge in [0.2, 0.25) is 0 Å². The van der Waals surface area contributed by atoms with Gasteiger partial charge in [-0.3, -0.25) is 15.6 Å². The molecule has 0 aliphatic carbocycles. The maximum Gasteiger partial charge on any atom is 0.162 e. The van der Waals surface area contributed by atoms with Crippen LogP contribution in [-0.4, -0.2) is 32.1 Å². The molecule has 1 unspecified atom stereocenters. The minimum absolute atomic E-state index is 0.337. The highest BCUT2D eigenvalue weighted by Crippen LogP contribution is 2.27. The summed E-state index contributed by atoms with van der Waals surface area (Å²) in [6.07, 6.45) is 4.07. The predicted molar refractivity (Wildman–Crippen MR) is 64.6 cm³/mol. The summed E-state index contributed by atoms with van der Waals surface area (Å²) < 4.78 is 7.17. The van der Waals surface area contributed by atoms with E-state index < -0.39 is 0 Å². The number of nitrogens with one attached hydrogen (secondary N) is 2. The summed E-state index contributed by atoms with van der Waals surface area (Å²) in [6.45, 7) is 2.86. The molecule has 98 valence electrons. The van der Waals surface area contributed by atoms with E-state index in [1.54, 1.807) is 13.3 Å². The molecule has 18 heavy (non-hydrogen) atoms. The molecule has 0 aliphatic rings. The predicted octanol–water partition coefficient (Wildman–Crippen LogP) is -0.0275. The minimum atomic E-state index is -0.337. The van der Waals surface area contributed by atoms with E-state index >= 15 is 0 Å². The van der Waals surface area contributed by atoms with Gasteiger partial charge in [0.1, 0.15) is 23.9 Å². The van der Waals surface area contributed by atoms with E-state index in [2.05, 4.69) is 32.6 Å². The molecule has 0 saturated carbocycles. The number of methoxy groups -OCH3 is 1. The highest BCUT2D eigenvalue weighted by Gasteiger charge is 2.24. The fourth-order valence-corrected chi connectivity index (χ4v) is 1.86. The van der Waals surface area contributed by atoms with Crippen LogP contribution in [0.15, 0.2) is 12.5 Å². The second kappa shape index (κ2) is 5.61. The van der Waals surface area contributed by atoms with Gasteiger partial charge in [0, 0.05) is 6.54 Å². The molecule has 2 rings (SSSR count). The molecule has 0 spiro atoms. The highest BCUT2D eigenvalue weighted by atomic mass is 16.5. The topological polar surface area (TPSA) is 107 Å². The lowest BCUT2D eigenvalue weighted by Gasteiger charge is -2.16. The first kappa shape index (κ1) is 12.5. The van der Waals surface area contributed by atoms with Gasteiger partial charge in [-0.15, -0.1) is 0 Å². The maximum absolute atomic E-state index is 5.61. The van der Waals surface area contributed by atoms with Crippen molar-refractivity contribution < 1.29 is 4.74 Å². The normalized spacial score (nSPS) is 12.6. The van der Waals surface area contributed by atoms with Crippen LogP contribution in [0.1, 0.15) is 30.9 Å². The maximum atomic E-state index is 5.61. The van der Waals surface area contributed by atoms with Crippen molar-refractivity contribution >= 4 is 0 Å². The molecule has 0 amide bonds. The van der Waals surface area contributed by atoms with E-state index in [4.69, 9.17) is 10.6 Å². The fraction of sp³-hybridized carbons (Fsp3) is 0.500. The Morgan fingerprint density at radius 2 is 2.44 bits per heavy atom. The van der Waals surface area contributed by atoms with Crippen molar-refractivity contribution in [2.45, 2.75) is 25.9 Å². The fourth-order valence-electron chi connectivity index (χ4n) is 1.86. The molecule has 0 aliphatic heterocycles. The van der Waals surface area contributed by atoms with Crippen LogP contribution in [-0.2, 0) is 6.54 Å². The van der Waals surface area contributed by atoms with Crippen LogP contribution in [0, 0.1) is 0 Å². The van der Waals surface area contributed by atoms with Gasteiger partial charge in [-0.1, -0.05) is 6.92 Å². The number of aromatic nitrogens is 5. The Bertz CT molecular complexity index is 478. The van der Waals surface area contributed by atoms with E-state index in [0.717, 1.165) is 18.7 Å². The second-order valence-corrected chi connectivity index (χ2v) is 3.79. The molecule has 0 bridgehead atoms. The monoisotopic (exact) mass is 251 g/mol. The Morgan fingerprint density at radius 3 is 3.00 bits per heavy atom. The van der Waals surface area contributed by atoms with Crippen LogP contribution in [0.5, 0.6) is 5.75 Å². The van der Waals surface area contributed by atoms with E-state index in [0.29, 0.717) is 11.6 Å². The molecular weight excluding hydrogens is 234 g/mol. The Morgan fingerprint density at radius 1 is 1.61 bits per heavy atom. The largest absolute Gasteiger partial charge is 0.493 e. The number of hydrazine groups is 1. The van der Waals surface area contributed by atoms with Crippen molar-refractivity contribution in [3.63, 3.8) is 0 Å². The van der Waals surface area contributed by atoms with Gasteiger partial charge < -0.3 is 4.74 Å². The molecule has 0 radical (unpaired) electrons. The standard InChI is InChI=1S/C10H17N7O/c1-3-4-17-9(7(18-2)5-14-17)8(15-11)10-12-6-13-16-10/h5-6,8,15H,3-4,11H2,1-2H3,(H,12,13,16). The molecule has 2 aromatic rings. The van der Waals surface area contributed by atoms with Crippen LogP contribution >= 0.6 is 0 Å². The molecule has 8 heteroatoms. The number of aryl methyl sites for hydroxylation is 1. The lowest BCUT2D eigenvalue weighted by Crippen LogP contribution is -2.32. The Labute approximate surface area is 105 Å². The summed E-state index contributed by atoms with van der Waals surface area (Å²) in [5, 5.41) is 10.9. The average Bonchev–Trinajstić information content (AvgIpc) is 3.02. The Balaban J connectivity index is 2.42. The van der Waals surface area contributed by atoms with Gasteiger partial charge in [0.25, 0.3) is 0 Å². The first-order chi connectivity index (χ1) is 8.81. The molecule has 0 fully saturated rings. The molecule has 4 N–H and O–H groups in total. The van der Waals surface area contributed by atoms with Gasteiger partial charge in [0.15, 0.2) is 5.75 Å². The number of ether oxygens (including phenoxy) is 1. The van der Waals surface area contributed by atoms with Crippen molar-refractivity contribution in [1.82, 2.24) is 30.4 Å². The van der Waals surface area contributed by atoms with Gasteiger partial charge in [0.05, 0.1) is 13.3 Å². The molecular formula is C10H17N7O. The summed E-state index contributed by atoms with van der Waals surface area (Å²) in [5.74, 6) is 6.90. The third-order valence-corrected chi connectivity index (χ3v) is 2.65. The van der Waals surface area contributed by atoms with E-state index in [9.17, 15) is 0 Å². The average molecular weight is 251 g/mol. The minimum Gasteiger partial charge on any atom is -0.493 e. The number of rotatable bonds is 6. The van der Waals surface area contributed by atoms with Crippen molar-refractivity contribution in [2.24, 2.45) is 5.84 Å². The summed E-state index contributed by atoms with van der Waals surface area (Å²) in [4.78, 5) is 4.11. The molecule has 0 saturated heterocycles. The Hall–Kier alpha value is -1.93.